The molecule has 1 amide bonds. The molecule has 0 radical (unpaired) electrons. The van der Waals surface area contributed by atoms with Crippen LogP contribution in [0.5, 0.6) is 0 Å². The summed E-state index contributed by atoms with van der Waals surface area (Å²) in [5, 5.41) is 13.6. The number of carbonyl (C=O) groups is 1. The number of aliphatic hydroxyl groups is 1. The van der Waals surface area contributed by atoms with Gasteiger partial charge in [0.2, 0.25) is 5.91 Å². The number of likely N-dealkylation sites (N-methyl/N-ethyl adjacent to an activating group) is 1. The molecule has 364 valence electrons. The fourth-order valence-electron chi connectivity index (χ4n) is 6.90. The molecule has 0 aromatic rings. The largest absolute Gasteiger partial charge is 0.756 e. The third-order valence-corrected chi connectivity index (χ3v) is 11.9. The molecule has 0 bridgehead atoms. The first-order chi connectivity index (χ1) is 30.5. The van der Waals surface area contributed by atoms with E-state index in [1.165, 1.54) is 83.5 Å². The van der Waals surface area contributed by atoms with Crippen LogP contribution in [0.3, 0.4) is 0 Å². The minimum Gasteiger partial charge on any atom is -0.756 e. The SMILES string of the molecule is CC/C=C\C/C=C\C/C=C\C/C=C\C/C=C\C/C=C\C/C=C\CCCCCCCCCCCCCCCCCC(=O)NC(COP(=O)([O-])OCC[N+](C)(C)C)C(O)CCCCCC. The Bertz CT molecular complexity index is 1300. The average molecular weight is 901 g/mol. The molecule has 3 atom stereocenters. The number of hydrogen-bond acceptors (Lipinski definition) is 6. The third-order valence-electron chi connectivity index (χ3n) is 10.9. The van der Waals surface area contributed by atoms with E-state index in [1.54, 1.807) is 0 Å². The molecule has 0 spiro atoms. The standard InChI is InChI=1S/C54H97N2O6P/c1-6-8-10-12-13-14-15-16-17-18-19-20-21-22-23-24-25-26-27-28-29-30-31-32-33-34-35-36-37-38-39-40-41-42-43-44-46-48-54(58)55-52(53(57)47-45-11-9-7-2)51-62-63(59,60)61-50-49-56(3,4)5/h8,10,13-14,16-17,19-20,22-23,25-26,28-29,52-53,57H,6-7,9,11-12,15,18,21,24,27,30-51H2,1-5H3,(H-,55,58,59,60)/b10-8-,14-13-,17-16-,20-19-,23-22-,26-25-,29-28-. The lowest BCUT2D eigenvalue weighted by Crippen LogP contribution is -2.46. The number of nitrogens with zero attached hydrogens (tertiary/aromatic N) is 1. The van der Waals surface area contributed by atoms with Crippen molar-refractivity contribution in [3.8, 4) is 0 Å². The van der Waals surface area contributed by atoms with Gasteiger partial charge in [-0.15, -0.1) is 0 Å². The first kappa shape index (κ1) is 60.7. The van der Waals surface area contributed by atoms with Crippen molar-refractivity contribution in [1.82, 2.24) is 5.32 Å². The highest BCUT2D eigenvalue weighted by molar-refractivity contribution is 7.45. The summed E-state index contributed by atoms with van der Waals surface area (Å²) in [4.78, 5) is 25.1. The van der Waals surface area contributed by atoms with Gasteiger partial charge in [0, 0.05) is 6.42 Å². The molecule has 0 rings (SSSR count). The minimum atomic E-state index is -4.55. The molecular formula is C54H97N2O6P. The molecule has 63 heavy (non-hydrogen) atoms. The van der Waals surface area contributed by atoms with E-state index in [1.807, 2.05) is 21.1 Å². The monoisotopic (exact) mass is 901 g/mol. The number of carbonyl (C=O) groups excluding carboxylic acids is 1. The second-order valence-electron chi connectivity index (χ2n) is 18.1. The number of quaternary nitrogens is 1. The molecule has 0 saturated carbocycles. The summed E-state index contributed by atoms with van der Waals surface area (Å²) in [5.74, 6) is -0.177. The Morgan fingerprint density at radius 3 is 1.40 bits per heavy atom. The van der Waals surface area contributed by atoms with Gasteiger partial charge in [0.15, 0.2) is 0 Å². The van der Waals surface area contributed by atoms with Gasteiger partial charge < -0.3 is 28.8 Å². The van der Waals surface area contributed by atoms with E-state index in [4.69, 9.17) is 9.05 Å². The van der Waals surface area contributed by atoms with Crippen molar-refractivity contribution in [3.63, 3.8) is 0 Å². The Kier molecular flexibility index (Phi) is 43.2. The summed E-state index contributed by atoms with van der Waals surface area (Å²) in [6.07, 6.45) is 62.6. The van der Waals surface area contributed by atoms with E-state index < -0.39 is 20.0 Å². The summed E-state index contributed by atoms with van der Waals surface area (Å²) in [7, 11) is 1.29. The quantitative estimate of drug-likeness (QED) is 0.0273. The predicted molar refractivity (Wildman–Crippen MR) is 270 cm³/mol. The van der Waals surface area contributed by atoms with Gasteiger partial charge in [-0.2, -0.15) is 0 Å². The average Bonchev–Trinajstić information content (AvgIpc) is 3.24. The number of phosphoric ester groups is 1. The maximum atomic E-state index is 12.8. The van der Waals surface area contributed by atoms with E-state index >= 15 is 0 Å². The van der Waals surface area contributed by atoms with Crippen LogP contribution in [0.2, 0.25) is 0 Å². The highest BCUT2D eigenvalue weighted by Crippen LogP contribution is 2.38. The second-order valence-corrected chi connectivity index (χ2v) is 19.6. The normalized spacial score (nSPS) is 14.8. The zero-order valence-electron chi connectivity index (χ0n) is 41.2. The van der Waals surface area contributed by atoms with E-state index in [0.29, 0.717) is 23.9 Å². The molecule has 0 aliphatic carbocycles. The van der Waals surface area contributed by atoms with Gasteiger partial charge in [0.1, 0.15) is 13.2 Å². The topological polar surface area (TPSA) is 108 Å². The zero-order valence-corrected chi connectivity index (χ0v) is 42.1. The number of allylic oxidation sites excluding steroid dienone is 14. The lowest BCUT2D eigenvalue weighted by atomic mass is 10.0. The number of phosphoric acid groups is 1. The Morgan fingerprint density at radius 1 is 0.571 bits per heavy atom. The Hall–Kier alpha value is -2.32. The van der Waals surface area contributed by atoms with Gasteiger partial charge in [-0.3, -0.25) is 9.36 Å². The van der Waals surface area contributed by atoms with Crippen molar-refractivity contribution in [2.24, 2.45) is 0 Å². The predicted octanol–water partition coefficient (Wildman–Crippen LogP) is 14.3. The van der Waals surface area contributed by atoms with Crippen molar-refractivity contribution >= 4 is 13.7 Å². The van der Waals surface area contributed by atoms with E-state index in [9.17, 15) is 19.4 Å². The molecule has 8 nitrogen and oxygen atoms in total. The molecule has 2 N–H and O–H groups in total. The van der Waals surface area contributed by atoms with Crippen LogP contribution in [0.15, 0.2) is 85.1 Å². The molecule has 9 heteroatoms. The molecule has 0 aliphatic heterocycles. The first-order valence-corrected chi connectivity index (χ1v) is 26.9. The molecule has 0 fully saturated rings. The first-order valence-electron chi connectivity index (χ1n) is 25.4. The molecule has 0 aromatic carbocycles. The number of rotatable bonds is 45. The van der Waals surface area contributed by atoms with Crippen LogP contribution in [0, 0.1) is 0 Å². The van der Waals surface area contributed by atoms with Gasteiger partial charge in [0.05, 0.1) is 39.9 Å². The minimum absolute atomic E-state index is 0.00845. The molecule has 0 aliphatic rings. The molecule has 3 unspecified atom stereocenters. The van der Waals surface area contributed by atoms with Crippen LogP contribution in [0.25, 0.3) is 0 Å². The Balaban J connectivity index is 3.80. The zero-order chi connectivity index (χ0) is 46.4. The van der Waals surface area contributed by atoms with E-state index in [2.05, 4.69) is 104 Å². The van der Waals surface area contributed by atoms with Crippen LogP contribution in [0.1, 0.15) is 200 Å². The Morgan fingerprint density at radius 2 is 0.968 bits per heavy atom. The van der Waals surface area contributed by atoms with Crippen molar-refractivity contribution in [3.05, 3.63) is 85.1 Å². The summed E-state index contributed by atoms with van der Waals surface area (Å²) < 4.78 is 23.0. The lowest BCUT2D eigenvalue weighted by Gasteiger charge is -2.30. The number of hydrogen-bond donors (Lipinski definition) is 2. The van der Waals surface area contributed by atoms with Crippen molar-refractivity contribution in [2.75, 3.05) is 40.9 Å². The highest BCUT2D eigenvalue weighted by Gasteiger charge is 2.24. The second kappa shape index (κ2) is 44.9. The van der Waals surface area contributed by atoms with Gasteiger partial charge >= 0.3 is 0 Å². The van der Waals surface area contributed by atoms with Crippen molar-refractivity contribution in [2.45, 2.75) is 212 Å². The van der Waals surface area contributed by atoms with Gasteiger partial charge in [-0.1, -0.05) is 208 Å². The maximum absolute atomic E-state index is 12.8. The molecule has 0 saturated heterocycles. The molecular weight excluding hydrogens is 804 g/mol. The van der Waals surface area contributed by atoms with E-state index in [0.717, 1.165) is 89.9 Å². The van der Waals surface area contributed by atoms with Gasteiger partial charge in [0.25, 0.3) is 7.82 Å². The summed E-state index contributed by atoms with van der Waals surface area (Å²) in [5.41, 5.74) is 0. The van der Waals surface area contributed by atoms with E-state index in [-0.39, 0.29) is 19.1 Å². The van der Waals surface area contributed by atoms with Crippen LogP contribution >= 0.6 is 7.82 Å². The number of unbranched alkanes of at least 4 members (excludes halogenated alkanes) is 18. The van der Waals surface area contributed by atoms with Crippen LogP contribution in [0.4, 0.5) is 0 Å². The summed E-state index contributed by atoms with van der Waals surface area (Å²) in [6, 6.07) is -0.799. The number of amides is 1. The Labute approximate surface area is 388 Å². The third kappa shape index (κ3) is 47.5. The maximum Gasteiger partial charge on any atom is 0.268 e. The van der Waals surface area contributed by atoms with Crippen LogP contribution in [-0.2, 0) is 18.4 Å². The summed E-state index contributed by atoms with van der Waals surface area (Å²) in [6.45, 7) is 4.46. The lowest BCUT2D eigenvalue weighted by molar-refractivity contribution is -0.870. The number of nitrogens with one attached hydrogen (secondary N) is 1. The van der Waals surface area contributed by atoms with Crippen LogP contribution in [-0.4, -0.2) is 68.5 Å². The molecule has 0 aromatic heterocycles. The highest BCUT2D eigenvalue weighted by atomic mass is 31.2. The van der Waals surface area contributed by atoms with Gasteiger partial charge in [-0.05, 0) is 70.6 Å². The fraction of sp³-hybridized carbons (Fsp3) is 0.722. The molecule has 0 heterocycles. The smallest absolute Gasteiger partial charge is 0.268 e. The van der Waals surface area contributed by atoms with Gasteiger partial charge in [-0.25, -0.2) is 0 Å². The fourth-order valence-corrected chi connectivity index (χ4v) is 7.62. The van der Waals surface area contributed by atoms with Crippen molar-refractivity contribution in [1.29, 1.82) is 0 Å². The van der Waals surface area contributed by atoms with Crippen LogP contribution < -0.4 is 10.2 Å². The number of aliphatic hydroxyl groups excluding tert-OH is 1. The van der Waals surface area contributed by atoms with Crippen molar-refractivity contribution < 1.29 is 32.9 Å². The summed E-state index contributed by atoms with van der Waals surface area (Å²) >= 11 is 0.